The highest BCUT2D eigenvalue weighted by Gasteiger charge is 2.14. The lowest BCUT2D eigenvalue weighted by atomic mass is 10.2. The van der Waals surface area contributed by atoms with Crippen LogP contribution < -0.4 is 10.9 Å². The lowest BCUT2D eigenvalue weighted by Crippen LogP contribution is -2.23. The van der Waals surface area contributed by atoms with Crippen molar-refractivity contribution < 1.29 is 0 Å². The molecular weight excluding hydrogens is 302 g/mol. The first-order valence-corrected chi connectivity index (χ1v) is 7.24. The lowest BCUT2D eigenvalue weighted by Gasteiger charge is -2.11. The fourth-order valence-corrected chi connectivity index (χ4v) is 2.63. The first-order chi connectivity index (χ1) is 10.5. The molecule has 0 atom stereocenters. The molecule has 3 rings (SSSR count). The molecule has 114 valence electrons. The molecule has 0 aliphatic rings. The molecule has 22 heavy (non-hydrogen) atoms. The number of fused-ring (bicyclic) bond motifs is 1. The van der Waals surface area contributed by atoms with Gasteiger partial charge in [-0.1, -0.05) is 29.8 Å². The van der Waals surface area contributed by atoms with Crippen molar-refractivity contribution in [3.63, 3.8) is 0 Å². The summed E-state index contributed by atoms with van der Waals surface area (Å²) in [5, 5.41) is 8.11. The normalized spacial score (nSPS) is 11.1. The molecule has 1 aromatic carbocycles. The fourth-order valence-electron chi connectivity index (χ4n) is 2.43. The van der Waals surface area contributed by atoms with Gasteiger partial charge in [-0.3, -0.25) is 14.0 Å². The maximum atomic E-state index is 12.5. The Morgan fingerprint density at radius 2 is 2.00 bits per heavy atom. The molecule has 0 radical (unpaired) electrons. The molecule has 0 saturated carbocycles. The summed E-state index contributed by atoms with van der Waals surface area (Å²) in [5.41, 5.74) is 2.67. The summed E-state index contributed by atoms with van der Waals surface area (Å²) in [6, 6.07) is 7.56. The smallest absolute Gasteiger partial charge is 0.280 e. The molecular formula is C15H16ClN5O. The predicted octanol–water partition coefficient (Wildman–Crippen LogP) is 2.24. The number of hydrogen-bond acceptors (Lipinski definition) is 4. The summed E-state index contributed by atoms with van der Waals surface area (Å²) in [6.07, 6.45) is 0. The van der Waals surface area contributed by atoms with E-state index in [-0.39, 0.29) is 5.56 Å². The highest BCUT2D eigenvalue weighted by Crippen LogP contribution is 2.17. The molecule has 3 aromatic rings. The lowest BCUT2D eigenvalue weighted by molar-refractivity contribution is 0.765. The summed E-state index contributed by atoms with van der Waals surface area (Å²) in [6.45, 7) is 2.33. The highest BCUT2D eigenvalue weighted by molar-refractivity contribution is 6.31. The number of nitrogens with one attached hydrogen (secondary N) is 1. The Hall–Kier alpha value is -2.34. The van der Waals surface area contributed by atoms with Gasteiger partial charge in [-0.15, -0.1) is 0 Å². The zero-order valence-electron chi connectivity index (χ0n) is 12.6. The van der Waals surface area contributed by atoms with Crippen LogP contribution in [0.25, 0.3) is 11.0 Å². The molecule has 7 heteroatoms. The van der Waals surface area contributed by atoms with E-state index in [9.17, 15) is 4.79 Å². The van der Waals surface area contributed by atoms with E-state index < -0.39 is 0 Å². The second-order valence-electron chi connectivity index (χ2n) is 5.15. The summed E-state index contributed by atoms with van der Waals surface area (Å²) >= 11 is 6.14. The van der Waals surface area contributed by atoms with Crippen molar-refractivity contribution >= 4 is 28.6 Å². The number of halogens is 1. The van der Waals surface area contributed by atoms with Gasteiger partial charge in [0.2, 0.25) is 5.95 Å². The van der Waals surface area contributed by atoms with Crippen LogP contribution in [0.1, 0.15) is 11.3 Å². The quantitative estimate of drug-likeness (QED) is 0.804. The van der Waals surface area contributed by atoms with E-state index in [1.54, 1.807) is 18.8 Å². The van der Waals surface area contributed by atoms with E-state index in [1.165, 1.54) is 4.57 Å². The standard InChI is InChI=1S/C15H16ClN5O/c1-9-12-13(21(3)19-9)14(22)20(2)15(18-12)17-8-10-6-4-5-7-11(10)16/h4-7H,8H2,1-3H3,(H,17,18). The average Bonchev–Trinajstić information content (AvgIpc) is 2.77. The number of anilines is 1. The van der Waals surface area contributed by atoms with E-state index in [1.807, 2.05) is 31.2 Å². The molecule has 1 N–H and O–H groups in total. The molecule has 0 spiro atoms. The van der Waals surface area contributed by atoms with E-state index in [4.69, 9.17) is 11.6 Å². The van der Waals surface area contributed by atoms with E-state index >= 15 is 0 Å². The molecule has 0 saturated heterocycles. The maximum absolute atomic E-state index is 12.5. The van der Waals surface area contributed by atoms with Gasteiger partial charge < -0.3 is 5.32 Å². The van der Waals surface area contributed by atoms with Gasteiger partial charge in [0.25, 0.3) is 5.56 Å². The maximum Gasteiger partial charge on any atom is 0.280 e. The molecule has 2 heterocycles. The van der Waals surface area contributed by atoms with E-state index in [0.29, 0.717) is 28.5 Å². The highest BCUT2D eigenvalue weighted by atomic mass is 35.5. The molecule has 0 bridgehead atoms. The summed E-state index contributed by atoms with van der Waals surface area (Å²) in [5.74, 6) is 0.494. The molecule has 2 aromatic heterocycles. The molecule has 6 nitrogen and oxygen atoms in total. The Morgan fingerprint density at radius 1 is 1.27 bits per heavy atom. The van der Waals surface area contributed by atoms with Gasteiger partial charge in [0.15, 0.2) is 5.52 Å². The first kappa shape index (κ1) is 14.6. The van der Waals surface area contributed by atoms with Crippen molar-refractivity contribution in [2.24, 2.45) is 14.1 Å². The first-order valence-electron chi connectivity index (χ1n) is 6.86. The van der Waals surface area contributed by atoms with Crippen molar-refractivity contribution in [3.8, 4) is 0 Å². The van der Waals surface area contributed by atoms with Gasteiger partial charge in [-0.25, -0.2) is 4.98 Å². The van der Waals surface area contributed by atoms with E-state index in [0.717, 1.165) is 11.3 Å². The Bertz CT molecular complexity index is 912. The largest absolute Gasteiger partial charge is 0.351 e. The predicted molar refractivity (Wildman–Crippen MR) is 87.3 cm³/mol. The number of benzene rings is 1. The van der Waals surface area contributed by atoms with Crippen LogP contribution in [0, 0.1) is 6.92 Å². The van der Waals surface area contributed by atoms with Crippen molar-refractivity contribution in [2.45, 2.75) is 13.5 Å². The third kappa shape index (κ3) is 2.35. The summed E-state index contributed by atoms with van der Waals surface area (Å²) in [4.78, 5) is 17.0. The molecule has 0 unspecified atom stereocenters. The van der Waals surface area contributed by atoms with Crippen LogP contribution in [0.15, 0.2) is 29.1 Å². The van der Waals surface area contributed by atoms with Gasteiger partial charge >= 0.3 is 0 Å². The van der Waals surface area contributed by atoms with Crippen LogP contribution in [0.3, 0.4) is 0 Å². The minimum atomic E-state index is -0.130. The van der Waals surface area contributed by atoms with Crippen molar-refractivity contribution in [2.75, 3.05) is 5.32 Å². The zero-order valence-corrected chi connectivity index (χ0v) is 13.3. The average molecular weight is 318 g/mol. The van der Waals surface area contributed by atoms with Gasteiger partial charge in [-0.2, -0.15) is 5.10 Å². The second-order valence-corrected chi connectivity index (χ2v) is 5.56. The third-order valence-electron chi connectivity index (χ3n) is 3.63. The number of nitrogens with zero attached hydrogens (tertiary/aromatic N) is 4. The summed E-state index contributed by atoms with van der Waals surface area (Å²) in [7, 11) is 3.43. The van der Waals surface area contributed by atoms with Crippen LogP contribution in [-0.4, -0.2) is 19.3 Å². The third-order valence-corrected chi connectivity index (χ3v) is 4.00. The van der Waals surface area contributed by atoms with Crippen LogP contribution >= 0.6 is 11.6 Å². The number of rotatable bonds is 3. The number of aromatic nitrogens is 4. The van der Waals surface area contributed by atoms with Crippen LogP contribution in [-0.2, 0) is 20.6 Å². The Morgan fingerprint density at radius 3 is 2.73 bits per heavy atom. The summed E-state index contributed by atoms with van der Waals surface area (Å²) < 4.78 is 3.05. The van der Waals surface area contributed by atoms with Gasteiger partial charge in [0.05, 0.1) is 5.69 Å². The zero-order chi connectivity index (χ0) is 15.9. The Balaban J connectivity index is 2.01. The minimum absolute atomic E-state index is 0.130. The van der Waals surface area contributed by atoms with Gasteiger partial charge in [0.1, 0.15) is 5.52 Å². The van der Waals surface area contributed by atoms with Gasteiger partial charge in [0, 0.05) is 25.7 Å². The topological polar surface area (TPSA) is 64.7 Å². The van der Waals surface area contributed by atoms with Crippen molar-refractivity contribution in [1.82, 2.24) is 19.3 Å². The second kappa shape index (κ2) is 5.46. The Labute approximate surface area is 132 Å². The molecule has 0 aliphatic carbocycles. The Kier molecular flexibility index (Phi) is 3.62. The van der Waals surface area contributed by atoms with Crippen molar-refractivity contribution in [1.29, 1.82) is 0 Å². The number of aryl methyl sites for hydroxylation is 2. The fraction of sp³-hybridized carbons (Fsp3) is 0.267. The molecule has 0 fully saturated rings. The van der Waals surface area contributed by atoms with E-state index in [2.05, 4.69) is 15.4 Å². The molecule has 0 amide bonds. The molecule has 0 aliphatic heterocycles. The SMILES string of the molecule is Cc1nn(C)c2c(=O)n(C)c(NCc3ccccc3Cl)nc12. The van der Waals surface area contributed by atoms with Crippen LogP contribution in [0.4, 0.5) is 5.95 Å². The monoisotopic (exact) mass is 317 g/mol. The van der Waals surface area contributed by atoms with Gasteiger partial charge in [-0.05, 0) is 18.6 Å². The minimum Gasteiger partial charge on any atom is -0.351 e. The van der Waals surface area contributed by atoms with Crippen LogP contribution in [0.2, 0.25) is 5.02 Å². The van der Waals surface area contributed by atoms with Crippen LogP contribution in [0.5, 0.6) is 0 Å². The number of hydrogen-bond donors (Lipinski definition) is 1. The van der Waals surface area contributed by atoms with Crippen molar-refractivity contribution in [3.05, 3.63) is 50.9 Å².